The molecule has 0 spiro atoms. The average molecular weight is 757 g/mol. The number of hydrogen-bond acceptors (Lipinski definition) is 6. The molecule has 0 bridgehead atoms. The van der Waals surface area contributed by atoms with Crippen molar-refractivity contribution in [2.24, 2.45) is 0 Å². The van der Waals surface area contributed by atoms with Gasteiger partial charge in [-0.3, -0.25) is 14.4 Å². The number of allylic oxidation sites excluding steroid dienone is 8. The summed E-state index contributed by atoms with van der Waals surface area (Å²) in [6.45, 7) is 6.41. The van der Waals surface area contributed by atoms with Gasteiger partial charge in [0, 0.05) is 19.3 Å². The lowest BCUT2D eigenvalue weighted by Gasteiger charge is -2.18. The van der Waals surface area contributed by atoms with Gasteiger partial charge in [-0.15, -0.1) is 0 Å². The Bertz CT molecular complexity index is 964. The zero-order chi connectivity index (χ0) is 39.4. The van der Waals surface area contributed by atoms with Crippen molar-refractivity contribution < 1.29 is 28.6 Å². The van der Waals surface area contributed by atoms with Crippen molar-refractivity contribution in [1.82, 2.24) is 0 Å². The molecule has 54 heavy (non-hydrogen) atoms. The van der Waals surface area contributed by atoms with E-state index in [1.807, 2.05) is 0 Å². The Balaban J connectivity index is 4.15. The molecule has 0 saturated heterocycles. The smallest absolute Gasteiger partial charge is 0.306 e. The number of carbonyl (C=O) groups is 3. The summed E-state index contributed by atoms with van der Waals surface area (Å²) in [6, 6.07) is 0. The molecule has 6 nitrogen and oxygen atoms in total. The Kier molecular flexibility index (Phi) is 41.0. The van der Waals surface area contributed by atoms with E-state index in [1.165, 1.54) is 83.5 Å². The van der Waals surface area contributed by atoms with Crippen molar-refractivity contribution in [3.63, 3.8) is 0 Å². The first kappa shape index (κ1) is 51.4. The molecule has 0 aromatic carbocycles. The average Bonchev–Trinajstić information content (AvgIpc) is 3.17. The molecule has 0 amide bonds. The van der Waals surface area contributed by atoms with E-state index in [0.717, 1.165) is 96.3 Å². The first-order valence-electron chi connectivity index (χ1n) is 22.6. The molecule has 0 radical (unpaired) electrons. The van der Waals surface area contributed by atoms with E-state index >= 15 is 0 Å². The minimum Gasteiger partial charge on any atom is -0.462 e. The first-order valence-corrected chi connectivity index (χ1v) is 22.6. The third-order valence-electron chi connectivity index (χ3n) is 9.60. The number of rotatable bonds is 40. The molecule has 0 aromatic heterocycles. The van der Waals surface area contributed by atoms with E-state index in [1.54, 1.807) is 0 Å². The molecule has 0 heterocycles. The molecule has 0 aromatic rings. The molecule has 6 heteroatoms. The monoisotopic (exact) mass is 757 g/mol. The molecule has 0 fully saturated rings. The summed E-state index contributed by atoms with van der Waals surface area (Å²) < 4.78 is 16.6. The maximum atomic E-state index is 12.6. The first-order chi connectivity index (χ1) is 26.5. The second-order valence-corrected chi connectivity index (χ2v) is 14.9. The fraction of sp³-hybridized carbons (Fsp3) is 0.771. The van der Waals surface area contributed by atoms with Crippen molar-refractivity contribution in [3.8, 4) is 0 Å². The zero-order valence-corrected chi connectivity index (χ0v) is 35.5. The summed E-state index contributed by atoms with van der Waals surface area (Å²) in [6.07, 6.45) is 49.8. The number of unbranched alkanes of at least 4 members (excludes halogenated alkanes) is 21. The van der Waals surface area contributed by atoms with Gasteiger partial charge in [0.05, 0.1) is 0 Å². The molecule has 1 unspecified atom stereocenters. The van der Waals surface area contributed by atoms with E-state index in [9.17, 15) is 14.4 Å². The Morgan fingerprint density at radius 3 is 1.13 bits per heavy atom. The summed E-state index contributed by atoms with van der Waals surface area (Å²) in [5, 5.41) is 0. The highest BCUT2D eigenvalue weighted by molar-refractivity contribution is 5.71. The lowest BCUT2D eigenvalue weighted by atomic mass is 10.1. The van der Waals surface area contributed by atoms with E-state index < -0.39 is 6.10 Å². The lowest BCUT2D eigenvalue weighted by molar-refractivity contribution is -0.167. The fourth-order valence-electron chi connectivity index (χ4n) is 6.20. The van der Waals surface area contributed by atoms with Crippen LogP contribution in [0.3, 0.4) is 0 Å². The number of esters is 3. The molecule has 0 rings (SSSR count). The van der Waals surface area contributed by atoms with Gasteiger partial charge in [-0.2, -0.15) is 0 Å². The normalized spacial score (nSPS) is 12.4. The molecule has 0 aliphatic carbocycles. The van der Waals surface area contributed by atoms with Crippen molar-refractivity contribution in [3.05, 3.63) is 48.6 Å². The highest BCUT2D eigenvalue weighted by Gasteiger charge is 2.19. The second-order valence-electron chi connectivity index (χ2n) is 14.9. The minimum atomic E-state index is -0.767. The summed E-state index contributed by atoms with van der Waals surface area (Å²) in [4.78, 5) is 37.4. The van der Waals surface area contributed by atoms with Crippen molar-refractivity contribution >= 4 is 17.9 Å². The van der Waals surface area contributed by atoms with Gasteiger partial charge in [0.2, 0.25) is 0 Å². The molecule has 1 atom stereocenters. The number of carbonyl (C=O) groups excluding carboxylic acids is 3. The maximum Gasteiger partial charge on any atom is 0.306 e. The zero-order valence-electron chi connectivity index (χ0n) is 35.5. The summed E-state index contributed by atoms with van der Waals surface area (Å²) >= 11 is 0. The minimum absolute atomic E-state index is 0.0751. The maximum absolute atomic E-state index is 12.6. The number of ether oxygens (including phenoxy) is 3. The van der Waals surface area contributed by atoms with Gasteiger partial charge in [0.1, 0.15) is 13.2 Å². The van der Waals surface area contributed by atoms with Gasteiger partial charge in [-0.1, -0.05) is 191 Å². The number of hydrogen-bond donors (Lipinski definition) is 0. The van der Waals surface area contributed by atoms with Gasteiger partial charge in [0.15, 0.2) is 6.10 Å². The van der Waals surface area contributed by atoms with Crippen LogP contribution in [0.5, 0.6) is 0 Å². The van der Waals surface area contributed by atoms with Crippen LogP contribution in [0.2, 0.25) is 0 Å². The Morgan fingerprint density at radius 1 is 0.389 bits per heavy atom. The van der Waals surface area contributed by atoms with Crippen LogP contribution in [0, 0.1) is 0 Å². The van der Waals surface area contributed by atoms with Crippen LogP contribution in [0.1, 0.15) is 220 Å². The molecule has 0 aliphatic rings. The van der Waals surface area contributed by atoms with Crippen molar-refractivity contribution in [1.29, 1.82) is 0 Å². The Hall–Kier alpha value is -2.63. The van der Waals surface area contributed by atoms with E-state index in [0.29, 0.717) is 19.3 Å². The van der Waals surface area contributed by atoms with Gasteiger partial charge in [-0.25, -0.2) is 0 Å². The van der Waals surface area contributed by atoms with Crippen LogP contribution < -0.4 is 0 Å². The van der Waals surface area contributed by atoms with Gasteiger partial charge < -0.3 is 14.2 Å². The highest BCUT2D eigenvalue weighted by atomic mass is 16.6. The Labute approximate surface area is 333 Å². The molecule has 0 aliphatic heterocycles. The van der Waals surface area contributed by atoms with Gasteiger partial charge in [-0.05, 0) is 57.8 Å². The van der Waals surface area contributed by atoms with Crippen molar-refractivity contribution in [2.45, 2.75) is 226 Å². The van der Waals surface area contributed by atoms with E-state index in [-0.39, 0.29) is 31.1 Å². The molecule has 312 valence electrons. The predicted molar refractivity (Wildman–Crippen MR) is 229 cm³/mol. The summed E-state index contributed by atoms with van der Waals surface area (Å²) in [7, 11) is 0. The molecular weight excluding hydrogens is 673 g/mol. The SMILES string of the molecule is CC/C=C\C/C=C\C/C=C\C/C=C\CCCCCCCCCCC(=O)OCC(COC(=O)CCCCCCC)OC(=O)CCCCCCCCCCCC. The van der Waals surface area contributed by atoms with Gasteiger partial charge >= 0.3 is 17.9 Å². The third kappa shape index (κ3) is 40.6. The lowest BCUT2D eigenvalue weighted by Crippen LogP contribution is -2.30. The standard InChI is InChI=1S/C48H84O6/c1-4-7-10-13-15-17-19-20-21-22-23-24-25-26-27-28-29-31-32-35-38-41-47(50)53-44-45(43-52-46(49)40-37-34-12-9-6-3)54-48(51)42-39-36-33-30-18-16-14-11-8-5-2/h7,10,15,17,20-21,23-24,45H,4-6,8-9,11-14,16,18-19,22,25-44H2,1-3H3/b10-7-,17-15-,21-20-,24-23-. The largest absolute Gasteiger partial charge is 0.462 e. The van der Waals surface area contributed by atoms with Gasteiger partial charge in [0.25, 0.3) is 0 Å². The van der Waals surface area contributed by atoms with E-state index in [2.05, 4.69) is 69.4 Å². The highest BCUT2D eigenvalue weighted by Crippen LogP contribution is 2.14. The van der Waals surface area contributed by atoms with Crippen LogP contribution in [-0.4, -0.2) is 37.2 Å². The van der Waals surface area contributed by atoms with Crippen LogP contribution in [-0.2, 0) is 28.6 Å². The van der Waals surface area contributed by atoms with Crippen LogP contribution in [0.15, 0.2) is 48.6 Å². The van der Waals surface area contributed by atoms with Crippen LogP contribution in [0.25, 0.3) is 0 Å². The second kappa shape index (κ2) is 43.1. The third-order valence-corrected chi connectivity index (χ3v) is 9.60. The summed E-state index contributed by atoms with van der Waals surface area (Å²) in [5.74, 6) is -0.899. The van der Waals surface area contributed by atoms with E-state index in [4.69, 9.17) is 14.2 Å². The fourth-order valence-corrected chi connectivity index (χ4v) is 6.20. The predicted octanol–water partition coefficient (Wildman–Crippen LogP) is 14.4. The molecule has 0 N–H and O–H groups in total. The summed E-state index contributed by atoms with van der Waals surface area (Å²) in [5.41, 5.74) is 0. The molecule has 0 saturated carbocycles. The van der Waals surface area contributed by atoms with Crippen LogP contribution >= 0.6 is 0 Å². The molecular formula is C48H84O6. The Morgan fingerprint density at radius 2 is 0.722 bits per heavy atom. The quantitative estimate of drug-likeness (QED) is 0.0268. The van der Waals surface area contributed by atoms with Crippen LogP contribution in [0.4, 0.5) is 0 Å². The van der Waals surface area contributed by atoms with Crippen molar-refractivity contribution in [2.75, 3.05) is 13.2 Å². The topological polar surface area (TPSA) is 78.9 Å².